The van der Waals surface area contributed by atoms with E-state index in [1.165, 1.54) is 0 Å². The molecule has 3 rings (SSSR count). The average Bonchev–Trinajstić information content (AvgIpc) is 3.10. The largest absolute Gasteiger partial charge is 0.491 e. The summed E-state index contributed by atoms with van der Waals surface area (Å²) in [6, 6.07) is 10.1. The molecule has 3 N–H and O–H groups in total. The third-order valence-electron chi connectivity index (χ3n) is 4.41. The van der Waals surface area contributed by atoms with Crippen LogP contribution in [0.4, 0.5) is 0 Å². The van der Waals surface area contributed by atoms with E-state index in [1.807, 2.05) is 30.3 Å². The molecule has 2 aromatic rings. The fourth-order valence-corrected chi connectivity index (χ4v) is 3.11. The monoisotopic (exact) mass is 342 g/mol. The van der Waals surface area contributed by atoms with Crippen LogP contribution in [0, 0.1) is 0 Å². The average molecular weight is 342 g/mol. The highest BCUT2D eigenvalue weighted by Gasteiger charge is 2.28. The van der Waals surface area contributed by atoms with Crippen LogP contribution in [0.25, 0.3) is 10.9 Å². The van der Waals surface area contributed by atoms with Gasteiger partial charge < -0.3 is 10.1 Å². The van der Waals surface area contributed by atoms with Crippen LogP contribution >= 0.6 is 0 Å². The first-order chi connectivity index (χ1) is 12.3. The van der Waals surface area contributed by atoms with Gasteiger partial charge in [-0.15, -0.1) is 0 Å². The lowest BCUT2D eigenvalue weighted by Gasteiger charge is -2.11. The Morgan fingerprint density at radius 2 is 2.20 bits per heavy atom. The molecule has 0 aliphatic carbocycles. The molecule has 1 aliphatic heterocycles. The highest BCUT2D eigenvalue weighted by Crippen LogP contribution is 2.22. The number of carbonyl (C=O) groups is 1. The number of nitrogens with zero attached hydrogens (tertiary/aromatic N) is 1. The van der Waals surface area contributed by atoms with Crippen molar-refractivity contribution in [2.24, 2.45) is 0 Å². The van der Waals surface area contributed by atoms with Crippen molar-refractivity contribution in [3.8, 4) is 5.75 Å². The number of hydrogen-bond donors (Lipinski definition) is 3. The first-order valence-electron chi connectivity index (χ1n) is 9.03. The molecule has 1 aliphatic rings. The minimum Gasteiger partial charge on any atom is -0.491 e. The van der Waals surface area contributed by atoms with Gasteiger partial charge in [0.05, 0.1) is 6.61 Å². The van der Waals surface area contributed by atoms with Gasteiger partial charge in [0.25, 0.3) is 0 Å². The van der Waals surface area contributed by atoms with E-state index in [9.17, 15) is 4.79 Å². The number of aromatic nitrogens is 1. The Hall–Kier alpha value is -2.18. The van der Waals surface area contributed by atoms with E-state index in [2.05, 4.69) is 28.1 Å². The van der Waals surface area contributed by atoms with Crippen LogP contribution < -0.4 is 20.9 Å². The number of rotatable bonds is 8. The molecule has 25 heavy (non-hydrogen) atoms. The predicted octanol–water partition coefficient (Wildman–Crippen LogP) is 2.16. The van der Waals surface area contributed by atoms with Crippen molar-refractivity contribution in [1.82, 2.24) is 21.2 Å². The zero-order valence-electron chi connectivity index (χ0n) is 14.6. The first-order valence-corrected chi connectivity index (χ1v) is 9.03. The molecule has 6 nitrogen and oxygen atoms in total. The highest BCUT2D eigenvalue weighted by atomic mass is 16.5. The van der Waals surface area contributed by atoms with Gasteiger partial charge in [0.2, 0.25) is 5.91 Å². The van der Waals surface area contributed by atoms with E-state index in [4.69, 9.17) is 4.74 Å². The van der Waals surface area contributed by atoms with Crippen LogP contribution in [0.2, 0.25) is 0 Å². The molecule has 134 valence electrons. The summed E-state index contributed by atoms with van der Waals surface area (Å²) in [5, 5.41) is 4.04. The molecule has 2 unspecified atom stereocenters. The molecule has 1 aromatic heterocycles. The minimum absolute atomic E-state index is 0.0536. The van der Waals surface area contributed by atoms with Gasteiger partial charge in [-0.25, -0.2) is 5.43 Å². The Morgan fingerprint density at radius 1 is 1.32 bits per heavy atom. The van der Waals surface area contributed by atoms with Crippen molar-refractivity contribution >= 4 is 16.8 Å². The van der Waals surface area contributed by atoms with E-state index in [0.29, 0.717) is 19.2 Å². The summed E-state index contributed by atoms with van der Waals surface area (Å²) < 4.78 is 5.83. The lowest BCUT2D eigenvalue weighted by atomic mass is 10.1. The maximum absolute atomic E-state index is 12.1. The highest BCUT2D eigenvalue weighted by molar-refractivity contribution is 5.84. The molecule has 1 saturated heterocycles. The van der Waals surface area contributed by atoms with Crippen molar-refractivity contribution < 1.29 is 9.53 Å². The Labute approximate surface area is 148 Å². The summed E-state index contributed by atoms with van der Waals surface area (Å²) >= 11 is 0. The third kappa shape index (κ3) is 4.67. The maximum atomic E-state index is 12.1. The molecule has 1 aromatic carbocycles. The number of carbonyl (C=O) groups excluding carboxylic acids is 1. The van der Waals surface area contributed by atoms with Crippen LogP contribution in [0.3, 0.4) is 0 Å². The summed E-state index contributed by atoms with van der Waals surface area (Å²) in [6.07, 6.45) is 5.58. The van der Waals surface area contributed by atoms with Gasteiger partial charge in [0.1, 0.15) is 17.3 Å². The summed E-state index contributed by atoms with van der Waals surface area (Å²) in [6.45, 7) is 3.30. The van der Waals surface area contributed by atoms with Gasteiger partial charge in [-0.05, 0) is 31.4 Å². The van der Waals surface area contributed by atoms with Crippen molar-refractivity contribution in [3.63, 3.8) is 0 Å². The van der Waals surface area contributed by atoms with Crippen molar-refractivity contribution in [3.05, 3.63) is 36.5 Å². The third-order valence-corrected chi connectivity index (χ3v) is 4.41. The maximum Gasteiger partial charge on any atom is 0.238 e. The van der Waals surface area contributed by atoms with Crippen LogP contribution in [-0.2, 0) is 4.79 Å². The standard InChI is InChI=1S/C19H26N4O2/c1-2-6-15-13-16(23-22-15)19(24)21-11-5-12-25-17-9-3-7-14-8-4-10-20-18(14)17/h3-4,7-10,15-16,22-23H,2,5-6,11-13H2,1H3,(H,21,24). The van der Waals surface area contributed by atoms with Crippen LogP contribution in [-0.4, -0.2) is 36.1 Å². The summed E-state index contributed by atoms with van der Waals surface area (Å²) in [5.41, 5.74) is 7.14. The van der Waals surface area contributed by atoms with Crippen LogP contribution in [0.1, 0.15) is 32.6 Å². The molecular formula is C19H26N4O2. The van der Waals surface area contributed by atoms with E-state index in [1.54, 1.807) is 6.20 Å². The number of benzene rings is 1. The lowest BCUT2D eigenvalue weighted by molar-refractivity contribution is -0.122. The van der Waals surface area contributed by atoms with E-state index < -0.39 is 0 Å². The molecule has 1 amide bonds. The quantitative estimate of drug-likeness (QED) is 0.641. The molecule has 6 heteroatoms. The van der Waals surface area contributed by atoms with Crippen molar-refractivity contribution in [2.75, 3.05) is 13.2 Å². The molecule has 0 bridgehead atoms. The summed E-state index contributed by atoms with van der Waals surface area (Å²) in [5.74, 6) is 0.839. The number of nitrogens with one attached hydrogen (secondary N) is 3. The number of pyridine rings is 1. The fourth-order valence-electron chi connectivity index (χ4n) is 3.11. The Bertz CT molecular complexity index is 701. The number of fused-ring (bicyclic) bond motifs is 1. The van der Waals surface area contributed by atoms with E-state index in [-0.39, 0.29) is 11.9 Å². The summed E-state index contributed by atoms with van der Waals surface area (Å²) in [4.78, 5) is 16.5. The number of para-hydroxylation sites is 1. The molecule has 1 fully saturated rings. The molecule has 2 atom stereocenters. The van der Waals surface area contributed by atoms with Crippen LogP contribution in [0.5, 0.6) is 5.75 Å². The second kappa shape index (κ2) is 8.78. The Kier molecular flexibility index (Phi) is 6.19. The smallest absolute Gasteiger partial charge is 0.238 e. The lowest BCUT2D eigenvalue weighted by Crippen LogP contribution is -2.43. The fraction of sp³-hybridized carbons (Fsp3) is 0.474. The zero-order chi connectivity index (χ0) is 17.5. The zero-order valence-corrected chi connectivity index (χ0v) is 14.6. The van der Waals surface area contributed by atoms with Gasteiger partial charge in [-0.1, -0.05) is 31.5 Å². The van der Waals surface area contributed by atoms with Gasteiger partial charge in [0.15, 0.2) is 0 Å². The van der Waals surface area contributed by atoms with E-state index in [0.717, 1.165) is 42.3 Å². The first kappa shape index (κ1) is 17.6. The molecule has 2 heterocycles. The molecule has 0 radical (unpaired) electrons. The van der Waals surface area contributed by atoms with Gasteiger partial charge >= 0.3 is 0 Å². The number of amides is 1. The van der Waals surface area contributed by atoms with Crippen molar-refractivity contribution in [1.29, 1.82) is 0 Å². The SMILES string of the molecule is CCCC1CC(C(=O)NCCCOc2cccc3cccnc23)NN1. The van der Waals surface area contributed by atoms with E-state index >= 15 is 0 Å². The second-order valence-corrected chi connectivity index (χ2v) is 6.39. The Balaban J connectivity index is 1.38. The topological polar surface area (TPSA) is 75.3 Å². The van der Waals surface area contributed by atoms with Gasteiger partial charge in [0, 0.05) is 24.2 Å². The normalized spacial score (nSPS) is 19.9. The Morgan fingerprint density at radius 3 is 3.08 bits per heavy atom. The number of ether oxygens (including phenoxy) is 1. The summed E-state index contributed by atoms with van der Waals surface area (Å²) in [7, 11) is 0. The number of hydrazine groups is 1. The van der Waals surface area contributed by atoms with Crippen LogP contribution in [0.15, 0.2) is 36.5 Å². The minimum atomic E-state index is -0.139. The second-order valence-electron chi connectivity index (χ2n) is 6.39. The number of hydrogen-bond acceptors (Lipinski definition) is 5. The van der Waals surface area contributed by atoms with Gasteiger partial charge in [-0.3, -0.25) is 15.2 Å². The predicted molar refractivity (Wildman–Crippen MR) is 98.2 cm³/mol. The molecule has 0 spiro atoms. The van der Waals surface area contributed by atoms with Crippen molar-refractivity contribution in [2.45, 2.75) is 44.7 Å². The molecule has 0 saturated carbocycles. The molecular weight excluding hydrogens is 316 g/mol. The van der Waals surface area contributed by atoms with Gasteiger partial charge in [-0.2, -0.15) is 0 Å².